The van der Waals surface area contributed by atoms with Crippen LogP contribution in [0, 0.1) is 16.0 Å². The highest BCUT2D eigenvalue weighted by atomic mass is 35.5. The molecule has 0 amide bonds. The number of nitrogens with zero attached hydrogens (tertiary/aromatic N) is 2. The first kappa shape index (κ1) is 18.5. The first-order valence-electron chi connectivity index (χ1n) is 7.18. The molecule has 1 aromatic carbocycles. The van der Waals surface area contributed by atoms with E-state index in [0.717, 1.165) is 12.8 Å². The third-order valence-corrected chi connectivity index (χ3v) is 5.47. The number of hydrogen-bond donors (Lipinski definition) is 2. The smallest absolute Gasteiger partial charge is 0.278 e. The van der Waals surface area contributed by atoms with Crippen molar-refractivity contribution in [3.8, 4) is 0 Å². The molecular formula is C14H17ClN4O4S. The standard InChI is InChI=1S/C14H16N4O4S.ClH/c15-8-11(9-3-4-9)17-23(21,22)13-6-5-12(18(19)20)10-2-1-7-16-14(10)13;/h1-2,5-7,9,11,17H,3-4,8,15H2;1H. The van der Waals surface area contributed by atoms with Gasteiger partial charge in [0.25, 0.3) is 5.69 Å². The number of halogens is 1. The Morgan fingerprint density at radius 2 is 2.08 bits per heavy atom. The molecule has 3 N–H and O–H groups in total. The highest BCUT2D eigenvalue weighted by Gasteiger charge is 2.34. The highest BCUT2D eigenvalue weighted by molar-refractivity contribution is 7.89. The SMILES string of the molecule is Cl.NCC(NS(=O)(=O)c1ccc([N+](=O)[O-])c2cccnc12)C1CC1. The van der Waals surface area contributed by atoms with Crippen LogP contribution >= 0.6 is 12.4 Å². The van der Waals surface area contributed by atoms with Crippen molar-refractivity contribution >= 4 is 39.0 Å². The van der Waals surface area contributed by atoms with Crippen molar-refractivity contribution in [3.63, 3.8) is 0 Å². The van der Waals surface area contributed by atoms with Crippen molar-refractivity contribution in [2.45, 2.75) is 23.8 Å². The third kappa shape index (κ3) is 3.48. The lowest BCUT2D eigenvalue weighted by atomic mass is 10.2. The van der Waals surface area contributed by atoms with E-state index in [0.29, 0.717) is 0 Å². The molecule has 1 aliphatic carbocycles. The summed E-state index contributed by atoms with van der Waals surface area (Å²) in [6, 6.07) is 5.10. The second-order valence-corrected chi connectivity index (χ2v) is 7.22. The number of pyridine rings is 1. The van der Waals surface area contributed by atoms with Crippen LogP contribution in [0.15, 0.2) is 35.4 Å². The summed E-state index contributed by atoms with van der Waals surface area (Å²) in [5.74, 6) is 0.257. The lowest BCUT2D eigenvalue weighted by Gasteiger charge is -2.16. The number of sulfonamides is 1. The van der Waals surface area contributed by atoms with Crippen LogP contribution < -0.4 is 10.5 Å². The highest BCUT2D eigenvalue weighted by Crippen LogP contribution is 2.34. The van der Waals surface area contributed by atoms with Gasteiger partial charge in [-0.05, 0) is 37.0 Å². The average Bonchev–Trinajstić information content (AvgIpc) is 3.36. The number of nitro groups is 1. The van der Waals surface area contributed by atoms with E-state index in [1.54, 1.807) is 0 Å². The van der Waals surface area contributed by atoms with E-state index in [9.17, 15) is 18.5 Å². The molecule has 8 nitrogen and oxygen atoms in total. The van der Waals surface area contributed by atoms with Crippen molar-refractivity contribution in [1.29, 1.82) is 0 Å². The van der Waals surface area contributed by atoms with Gasteiger partial charge in [-0.15, -0.1) is 12.4 Å². The number of benzene rings is 1. The zero-order valence-corrected chi connectivity index (χ0v) is 14.2. The first-order valence-corrected chi connectivity index (χ1v) is 8.67. The lowest BCUT2D eigenvalue weighted by molar-refractivity contribution is -0.383. The minimum Gasteiger partial charge on any atom is -0.329 e. The number of aromatic nitrogens is 1. The molecule has 1 unspecified atom stereocenters. The van der Waals surface area contributed by atoms with Crippen molar-refractivity contribution in [1.82, 2.24) is 9.71 Å². The molecule has 0 radical (unpaired) electrons. The van der Waals surface area contributed by atoms with Crippen LogP contribution in [-0.4, -0.2) is 30.9 Å². The summed E-state index contributed by atoms with van der Waals surface area (Å²) in [7, 11) is -3.86. The average molecular weight is 373 g/mol. The lowest BCUT2D eigenvalue weighted by Crippen LogP contribution is -2.41. The Bertz CT molecular complexity index is 870. The van der Waals surface area contributed by atoms with Crippen molar-refractivity contribution in [2.24, 2.45) is 11.7 Å². The van der Waals surface area contributed by atoms with Gasteiger partial charge in [-0.2, -0.15) is 0 Å². The Hall–Kier alpha value is -1.81. The van der Waals surface area contributed by atoms with Gasteiger partial charge in [0.2, 0.25) is 10.0 Å². The maximum atomic E-state index is 12.7. The summed E-state index contributed by atoms with van der Waals surface area (Å²) >= 11 is 0. The van der Waals surface area contributed by atoms with Gasteiger partial charge >= 0.3 is 0 Å². The largest absolute Gasteiger partial charge is 0.329 e. The Kier molecular flexibility index (Phi) is 5.38. The molecule has 0 bridgehead atoms. The molecule has 0 aliphatic heterocycles. The Balaban J connectivity index is 0.00000208. The monoisotopic (exact) mass is 372 g/mol. The van der Waals surface area contributed by atoms with Crippen LogP contribution in [0.5, 0.6) is 0 Å². The van der Waals surface area contributed by atoms with E-state index in [1.807, 2.05) is 0 Å². The maximum Gasteiger partial charge on any atom is 0.278 e. The number of nitrogens with two attached hydrogens (primary N) is 1. The molecule has 0 saturated heterocycles. The number of rotatable bonds is 6. The van der Waals surface area contributed by atoms with E-state index < -0.39 is 14.9 Å². The number of nitrogens with one attached hydrogen (secondary N) is 1. The summed E-state index contributed by atoms with van der Waals surface area (Å²) in [6.45, 7) is 0.211. The topological polar surface area (TPSA) is 128 Å². The van der Waals surface area contributed by atoms with Crippen LogP contribution in [-0.2, 0) is 10.0 Å². The fraction of sp³-hybridized carbons (Fsp3) is 0.357. The van der Waals surface area contributed by atoms with E-state index in [1.165, 1.54) is 30.5 Å². The van der Waals surface area contributed by atoms with Gasteiger partial charge in [0.05, 0.1) is 15.8 Å². The first-order chi connectivity index (χ1) is 10.9. The number of hydrogen-bond acceptors (Lipinski definition) is 6. The Morgan fingerprint density at radius 1 is 1.38 bits per heavy atom. The summed E-state index contributed by atoms with van der Waals surface area (Å²) in [4.78, 5) is 14.5. The third-order valence-electron chi connectivity index (χ3n) is 3.95. The Labute approximate surface area is 145 Å². The fourth-order valence-electron chi connectivity index (χ4n) is 2.61. The molecule has 1 aromatic heterocycles. The summed E-state index contributed by atoms with van der Waals surface area (Å²) in [6.07, 6.45) is 3.31. The molecule has 1 atom stereocenters. The normalized spacial score (nSPS) is 15.7. The van der Waals surface area contributed by atoms with Crippen LogP contribution in [0.1, 0.15) is 12.8 Å². The summed E-state index contributed by atoms with van der Waals surface area (Å²) in [5.41, 5.74) is 5.55. The van der Waals surface area contributed by atoms with Crippen molar-refractivity contribution in [2.75, 3.05) is 6.54 Å². The molecule has 10 heteroatoms. The predicted octanol–water partition coefficient (Wildman–Crippen LogP) is 1.58. The molecule has 1 saturated carbocycles. The van der Waals surface area contributed by atoms with Gasteiger partial charge in [0, 0.05) is 24.8 Å². The van der Waals surface area contributed by atoms with Gasteiger partial charge in [0.1, 0.15) is 4.90 Å². The quantitative estimate of drug-likeness (QED) is 0.585. The van der Waals surface area contributed by atoms with Crippen LogP contribution in [0.2, 0.25) is 0 Å². The van der Waals surface area contributed by atoms with E-state index in [2.05, 4.69) is 9.71 Å². The van der Waals surface area contributed by atoms with Gasteiger partial charge in [0.15, 0.2) is 0 Å². The molecule has 2 aromatic rings. The number of non-ortho nitro benzene ring substituents is 1. The molecular weight excluding hydrogens is 356 g/mol. The van der Waals surface area contributed by atoms with Crippen molar-refractivity contribution < 1.29 is 13.3 Å². The van der Waals surface area contributed by atoms with Crippen molar-refractivity contribution in [3.05, 3.63) is 40.6 Å². The second-order valence-electron chi connectivity index (χ2n) is 5.54. The van der Waals surface area contributed by atoms with Crippen LogP contribution in [0.4, 0.5) is 5.69 Å². The molecule has 3 rings (SSSR count). The van der Waals surface area contributed by atoms with Crippen LogP contribution in [0.25, 0.3) is 10.9 Å². The molecule has 1 fully saturated rings. The summed E-state index contributed by atoms with van der Waals surface area (Å²) < 4.78 is 27.9. The minimum atomic E-state index is -3.86. The van der Waals surface area contributed by atoms with E-state index in [-0.39, 0.29) is 52.4 Å². The van der Waals surface area contributed by atoms with Gasteiger partial charge in [-0.1, -0.05) is 0 Å². The van der Waals surface area contributed by atoms with Gasteiger partial charge in [-0.25, -0.2) is 13.1 Å². The Morgan fingerprint density at radius 3 is 2.67 bits per heavy atom. The van der Waals surface area contributed by atoms with E-state index >= 15 is 0 Å². The van der Waals surface area contributed by atoms with E-state index in [4.69, 9.17) is 5.73 Å². The fourth-order valence-corrected chi connectivity index (χ4v) is 4.08. The molecule has 130 valence electrons. The zero-order valence-electron chi connectivity index (χ0n) is 12.6. The maximum absolute atomic E-state index is 12.7. The summed E-state index contributed by atoms with van der Waals surface area (Å²) in [5, 5.41) is 11.3. The number of nitro benzene ring substituents is 1. The van der Waals surface area contributed by atoms with Gasteiger partial charge < -0.3 is 5.73 Å². The molecule has 1 heterocycles. The minimum absolute atomic E-state index is 0. The predicted molar refractivity (Wildman–Crippen MR) is 91.5 cm³/mol. The molecule has 1 aliphatic rings. The molecule has 0 spiro atoms. The zero-order chi connectivity index (χ0) is 16.6. The number of fused-ring (bicyclic) bond motifs is 1. The molecule has 24 heavy (non-hydrogen) atoms. The van der Waals surface area contributed by atoms with Crippen LogP contribution in [0.3, 0.4) is 0 Å². The second kappa shape index (κ2) is 6.98. The van der Waals surface area contributed by atoms with Gasteiger partial charge in [-0.3, -0.25) is 15.1 Å².